The molecule has 1 saturated heterocycles. The van der Waals surface area contributed by atoms with E-state index < -0.39 is 62.5 Å². The third kappa shape index (κ3) is 6.63. The second-order valence-corrected chi connectivity index (χ2v) is 13.1. The van der Waals surface area contributed by atoms with E-state index in [-0.39, 0.29) is 23.4 Å². The number of benzene rings is 1. The molecule has 1 aliphatic carbocycles. The van der Waals surface area contributed by atoms with E-state index in [1.165, 1.54) is 30.0 Å². The van der Waals surface area contributed by atoms with Gasteiger partial charge in [0.15, 0.2) is 29.4 Å². The van der Waals surface area contributed by atoms with Gasteiger partial charge in [-0.25, -0.2) is 13.9 Å². The normalized spacial score (nSPS) is 25.6. The highest BCUT2D eigenvalue weighted by molar-refractivity contribution is 7.52. The zero-order valence-electron chi connectivity index (χ0n) is 24.7. The number of carbonyl (C=O) groups excluding carboxylic acids is 1. The highest BCUT2D eigenvalue weighted by Gasteiger charge is 2.57. The van der Waals surface area contributed by atoms with Gasteiger partial charge in [0.05, 0.1) is 24.9 Å². The van der Waals surface area contributed by atoms with Crippen LogP contribution in [0.2, 0.25) is 0 Å². The largest absolute Gasteiger partial charge is 0.462 e. The van der Waals surface area contributed by atoms with Crippen LogP contribution < -0.4 is 20.2 Å². The summed E-state index contributed by atoms with van der Waals surface area (Å²) in [5.41, 5.74) is 4.68. The van der Waals surface area contributed by atoms with E-state index in [4.69, 9.17) is 35.9 Å². The lowest BCUT2D eigenvalue weighted by molar-refractivity contribution is -0.149. The molecule has 1 aromatic carbocycles. The average molecular weight is 656 g/mol. The number of aliphatic hydroxyl groups excluding tert-OH is 1. The molecule has 1 unspecified atom stereocenters. The van der Waals surface area contributed by atoms with Crippen LogP contribution in [0.5, 0.6) is 5.75 Å². The summed E-state index contributed by atoms with van der Waals surface area (Å²) in [5, 5.41) is 13.6. The highest BCUT2D eigenvalue weighted by atomic mass is 35.5. The zero-order valence-corrected chi connectivity index (χ0v) is 26.3. The van der Waals surface area contributed by atoms with Crippen molar-refractivity contribution < 1.29 is 37.4 Å². The summed E-state index contributed by atoms with van der Waals surface area (Å²) in [6, 6.07) is 7.26. The summed E-state index contributed by atoms with van der Waals surface area (Å²) < 4.78 is 53.8. The van der Waals surface area contributed by atoms with Crippen molar-refractivity contribution in [2.75, 3.05) is 30.2 Å². The molecule has 44 heavy (non-hydrogen) atoms. The number of anilines is 2. The van der Waals surface area contributed by atoms with E-state index in [9.17, 15) is 14.5 Å². The lowest BCUT2D eigenvalue weighted by Gasteiger charge is -2.31. The van der Waals surface area contributed by atoms with Crippen molar-refractivity contribution in [2.24, 2.45) is 0 Å². The van der Waals surface area contributed by atoms with Crippen LogP contribution in [0.3, 0.4) is 0 Å². The number of hydrogen-bond acceptors (Lipinski definition) is 12. The molecule has 1 saturated carbocycles. The summed E-state index contributed by atoms with van der Waals surface area (Å²) in [6.45, 7) is 4.08. The fraction of sp³-hybridized carbons (Fsp3) is 0.556. The first-order valence-corrected chi connectivity index (χ1v) is 16.2. The van der Waals surface area contributed by atoms with Crippen LogP contribution in [0.15, 0.2) is 36.7 Å². The number of nitrogen functional groups attached to an aromatic ring is 1. The number of rotatable bonds is 13. The van der Waals surface area contributed by atoms with Gasteiger partial charge in [0, 0.05) is 13.1 Å². The van der Waals surface area contributed by atoms with Crippen molar-refractivity contribution in [1.29, 1.82) is 0 Å². The maximum Gasteiger partial charge on any atom is 0.459 e. The van der Waals surface area contributed by atoms with E-state index in [2.05, 4.69) is 20.0 Å². The van der Waals surface area contributed by atoms with Crippen molar-refractivity contribution >= 4 is 48.2 Å². The minimum atomic E-state index is -4.38. The van der Waals surface area contributed by atoms with Crippen LogP contribution in [0.4, 0.5) is 16.2 Å². The van der Waals surface area contributed by atoms with Crippen LogP contribution in [0, 0.1) is 0 Å². The van der Waals surface area contributed by atoms with Gasteiger partial charge in [-0.3, -0.25) is 13.9 Å². The molecule has 4 N–H and O–H groups in total. The number of para-hydroxylation sites is 1. The number of alkyl halides is 2. The minimum absolute atomic E-state index is 0.0437. The predicted octanol–water partition coefficient (Wildman–Crippen LogP) is 3.35. The third-order valence-electron chi connectivity index (χ3n) is 7.32. The van der Waals surface area contributed by atoms with Crippen molar-refractivity contribution in [3.8, 4) is 5.75 Å². The first-order valence-electron chi connectivity index (χ1n) is 14.1. The van der Waals surface area contributed by atoms with Gasteiger partial charge < -0.3 is 29.7 Å². The van der Waals surface area contributed by atoms with E-state index in [1.807, 2.05) is 11.9 Å². The number of imidazole rings is 1. The fourth-order valence-corrected chi connectivity index (χ4v) is 6.66. The molecule has 2 aromatic heterocycles. The maximum atomic E-state index is 15.9. The molecule has 14 nitrogen and oxygen atoms in total. The van der Waals surface area contributed by atoms with Gasteiger partial charge in [0.1, 0.15) is 23.5 Å². The molecular formula is C27H36ClFN7O7P. The van der Waals surface area contributed by atoms with E-state index in [0.29, 0.717) is 11.3 Å². The number of ether oxygens (including phenoxy) is 2. The number of nitrogens with one attached hydrogen (secondary N) is 1. The maximum absolute atomic E-state index is 15.9. The summed E-state index contributed by atoms with van der Waals surface area (Å²) in [4.78, 5) is 27.4. The van der Waals surface area contributed by atoms with E-state index in [0.717, 1.165) is 12.8 Å². The molecule has 0 bridgehead atoms. The molecule has 240 valence electrons. The second kappa shape index (κ2) is 12.7. The molecule has 2 fully saturated rings. The third-order valence-corrected chi connectivity index (χ3v) is 9.40. The number of carbonyl (C=O) groups is 1. The van der Waals surface area contributed by atoms with Gasteiger partial charge in [-0.2, -0.15) is 15.1 Å². The molecule has 17 heteroatoms. The van der Waals surface area contributed by atoms with Gasteiger partial charge in [0.25, 0.3) is 0 Å². The number of hydrogen-bond donors (Lipinski definition) is 3. The smallest absolute Gasteiger partial charge is 0.459 e. The fourth-order valence-electron chi connectivity index (χ4n) is 4.81. The number of halogens is 2. The van der Waals surface area contributed by atoms with Crippen LogP contribution in [0.25, 0.3) is 11.2 Å². The van der Waals surface area contributed by atoms with Crippen molar-refractivity contribution in [1.82, 2.24) is 24.6 Å². The first-order chi connectivity index (χ1) is 20.9. The van der Waals surface area contributed by atoms with Gasteiger partial charge >= 0.3 is 13.7 Å². The molecule has 1 aliphatic heterocycles. The zero-order chi connectivity index (χ0) is 31.8. The monoisotopic (exact) mass is 655 g/mol. The Bertz CT molecular complexity index is 1530. The molecule has 0 radical (unpaired) electrons. The molecule has 0 spiro atoms. The number of aromatic nitrogens is 4. The molecule has 3 aromatic rings. The molecule has 6 atom stereocenters. The standard InChI is InChI=1S/C27H36ClFN7O7P/c1-15(2)41-25(38)16(3)34-44(39,43-18-8-6-5-7-9-18)40-13-27(12-28)21(37)19(29)24(42-27)36-14-31-20-22(35(4)17-10-11-17)32-26(30)33-23(20)36/h5-9,14-17,19,21,24,37H,10-13H2,1-4H3,(H,34,39)(H2,30,32,33)/t16-,19-,21-,24+,27+,44?/m0/s1. The Morgan fingerprint density at radius 1 is 1.32 bits per heavy atom. The Kier molecular flexibility index (Phi) is 9.36. The molecule has 3 heterocycles. The summed E-state index contributed by atoms with van der Waals surface area (Å²) in [7, 11) is -2.51. The Balaban J connectivity index is 1.41. The van der Waals surface area contributed by atoms with Crippen molar-refractivity contribution in [2.45, 2.75) is 75.9 Å². The summed E-state index contributed by atoms with van der Waals surface area (Å²) in [5.74, 6) is -0.548. The SMILES string of the molecule is CC(C)OC(=O)[C@H](C)NP(=O)(OC[C@@]1(CCl)O[C@@H](n2cnc3c(N(C)C4CC4)nc(N)nc32)[C@@H](F)[C@@H]1O)Oc1ccccc1. The van der Waals surface area contributed by atoms with Gasteiger partial charge in [-0.15, -0.1) is 11.6 Å². The van der Waals surface area contributed by atoms with Crippen LogP contribution in [-0.2, 0) is 23.4 Å². The van der Waals surface area contributed by atoms with Crippen LogP contribution >= 0.6 is 19.3 Å². The highest BCUT2D eigenvalue weighted by Crippen LogP contribution is 2.49. The molecule has 5 rings (SSSR count). The average Bonchev–Trinajstić information content (AvgIpc) is 3.71. The van der Waals surface area contributed by atoms with Gasteiger partial charge in [-0.1, -0.05) is 18.2 Å². The van der Waals surface area contributed by atoms with Gasteiger partial charge in [-0.05, 0) is 45.7 Å². The molecule has 0 amide bonds. The summed E-state index contributed by atoms with van der Waals surface area (Å²) >= 11 is 6.27. The Morgan fingerprint density at radius 3 is 2.66 bits per heavy atom. The molecule has 2 aliphatic rings. The first kappa shape index (κ1) is 32.3. The van der Waals surface area contributed by atoms with E-state index in [1.54, 1.807) is 32.0 Å². The topological polar surface area (TPSA) is 176 Å². The number of esters is 1. The number of nitrogens with two attached hydrogens (primary N) is 1. The Morgan fingerprint density at radius 2 is 2.02 bits per heavy atom. The van der Waals surface area contributed by atoms with E-state index >= 15 is 4.39 Å². The lowest BCUT2D eigenvalue weighted by Crippen LogP contribution is -2.48. The Hall–Kier alpha value is -3.07. The second-order valence-electron chi connectivity index (χ2n) is 11.2. The number of fused-ring (bicyclic) bond motifs is 1. The minimum Gasteiger partial charge on any atom is -0.462 e. The van der Waals surface area contributed by atoms with Gasteiger partial charge in [0.2, 0.25) is 5.95 Å². The number of aliphatic hydroxyl groups is 1. The van der Waals surface area contributed by atoms with Crippen molar-refractivity contribution in [3.63, 3.8) is 0 Å². The van der Waals surface area contributed by atoms with Crippen LogP contribution in [0.1, 0.15) is 39.8 Å². The quantitative estimate of drug-likeness (QED) is 0.139. The Labute approximate surface area is 258 Å². The predicted molar refractivity (Wildman–Crippen MR) is 160 cm³/mol. The molecular weight excluding hydrogens is 620 g/mol. The van der Waals surface area contributed by atoms with Crippen LogP contribution in [-0.4, -0.2) is 86.2 Å². The van der Waals surface area contributed by atoms with Crippen molar-refractivity contribution in [3.05, 3.63) is 36.7 Å². The number of nitrogens with zero attached hydrogens (tertiary/aromatic N) is 5. The lowest BCUT2D eigenvalue weighted by atomic mass is 9.99. The summed E-state index contributed by atoms with van der Waals surface area (Å²) in [6.07, 6.45) is -2.42.